The zero-order valence-electron chi connectivity index (χ0n) is 8.24. The van der Waals surface area contributed by atoms with E-state index < -0.39 is 0 Å². The van der Waals surface area contributed by atoms with Crippen molar-refractivity contribution in [1.29, 1.82) is 0 Å². The lowest BCUT2D eigenvalue weighted by molar-refractivity contribution is 0.265. The van der Waals surface area contributed by atoms with E-state index in [0.29, 0.717) is 11.9 Å². The highest BCUT2D eigenvalue weighted by molar-refractivity contribution is 6.18. The van der Waals surface area contributed by atoms with Gasteiger partial charge in [-0.15, -0.1) is 16.7 Å². The third-order valence-corrected chi connectivity index (χ3v) is 2.48. The van der Waals surface area contributed by atoms with Crippen LogP contribution in [0.1, 0.15) is 12.6 Å². The van der Waals surface area contributed by atoms with Gasteiger partial charge in [0.15, 0.2) is 0 Å². The molecule has 0 aliphatic carbocycles. The molecule has 0 bridgehead atoms. The van der Waals surface area contributed by atoms with E-state index in [-0.39, 0.29) is 0 Å². The Bertz CT molecular complexity index is 260. The SMILES string of the molecule is CC(CCl)N(C)Cc1cn(C)nn1. The normalized spacial score (nSPS) is 13.6. The number of nitrogens with zero attached hydrogens (tertiary/aromatic N) is 4. The van der Waals surface area contributed by atoms with Crippen molar-refractivity contribution in [2.75, 3.05) is 12.9 Å². The van der Waals surface area contributed by atoms with E-state index in [1.54, 1.807) is 4.68 Å². The average molecular weight is 203 g/mol. The van der Waals surface area contributed by atoms with Crippen molar-refractivity contribution < 1.29 is 0 Å². The summed E-state index contributed by atoms with van der Waals surface area (Å²) in [6, 6.07) is 0.365. The molecule has 1 rings (SSSR count). The number of aromatic nitrogens is 3. The first-order valence-corrected chi connectivity index (χ1v) is 4.78. The minimum atomic E-state index is 0.365. The molecule has 1 atom stereocenters. The maximum Gasteiger partial charge on any atom is 0.0967 e. The highest BCUT2D eigenvalue weighted by Crippen LogP contribution is 2.03. The second kappa shape index (κ2) is 4.58. The molecule has 0 amide bonds. The van der Waals surface area contributed by atoms with Crippen molar-refractivity contribution in [3.63, 3.8) is 0 Å². The molecule has 0 aliphatic heterocycles. The Kier molecular flexibility index (Phi) is 3.69. The molecule has 4 nitrogen and oxygen atoms in total. The Morgan fingerprint density at radius 3 is 2.85 bits per heavy atom. The molecule has 1 heterocycles. The van der Waals surface area contributed by atoms with E-state index in [2.05, 4.69) is 22.1 Å². The number of hydrogen-bond donors (Lipinski definition) is 0. The smallest absolute Gasteiger partial charge is 0.0967 e. The fraction of sp³-hybridized carbons (Fsp3) is 0.750. The van der Waals surface area contributed by atoms with E-state index in [1.807, 2.05) is 20.3 Å². The van der Waals surface area contributed by atoms with E-state index in [9.17, 15) is 0 Å². The van der Waals surface area contributed by atoms with Crippen LogP contribution >= 0.6 is 11.6 Å². The highest BCUT2D eigenvalue weighted by atomic mass is 35.5. The average Bonchev–Trinajstić information content (AvgIpc) is 2.49. The molecule has 0 fully saturated rings. The molecule has 0 aromatic carbocycles. The van der Waals surface area contributed by atoms with Crippen LogP contribution in [0.4, 0.5) is 0 Å². The molecule has 74 valence electrons. The van der Waals surface area contributed by atoms with Crippen LogP contribution in [-0.4, -0.2) is 38.9 Å². The van der Waals surface area contributed by atoms with Crippen molar-refractivity contribution in [1.82, 2.24) is 19.9 Å². The number of aryl methyl sites for hydroxylation is 1. The summed E-state index contributed by atoms with van der Waals surface area (Å²) in [4.78, 5) is 2.15. The summed E-state index contributed by atoms with van der Waals surface area (Å²) in [6.45, 7) is 2.88. The van der Waals surface area contributed by atoms with Gasteiger partial charge in [0.1, 0.15) is 0 Å². The predicted molar refractivity (Wildman–Crippen MR) is 52.7 cm³/mol. The van der Waals surface area contributed by atoms with E-state index in [1.165, 1.54) is 0 Å². The van der Waals surface area contributed by atoms with Crippen LogP contribution in [-0.2, 0) is 13.6 Å². The van der Waals surface area contributed by atoms with Crippen molar-refractivity contribution in [2.24, 2.45) is 7.05 Å². The number of halogens is 1. The van der Waals surface area contributed by atoms with Gasteiger partial charge < -0.3 is 0 Å². The summed E-state index contributed by atoms with van der Waals surface area (Å²) < 4.78 is 1.70. The maximum absolute atomic E-state index is 5.74. The van der Waals surface area contributed by atoms with Crippen LogP contribution in [0.2, 0.25) is 0 Å². The zero-order valence-corrected chi connectivity index (χ0v) is 8.99. The zero-order chi connectivity index (χ0) is 9.84. The monoisotopic (exact) mass is 202 g/mol. The summed E-state index contributed by atoms with van der Waals surface area (Å²) in [6.07, 6.45) is 1.91. The maximum atomic E-state index is 5.74. The fourth-order valence-electron chi connectivity index (χ4n) is 0.997. The summed E-state index contributed by atoms with van der Waals surface area (Å²) in [5, 5.41) is 7.86. The van der Waals surface area contributed by atoms with Gasteiger partial charge in [0.05, 0.1) is 5.69 Å². The first kappa shape index (κ1) is 10.5. The summed E-state index contributed by atoms with van der Waals surface area (Å²) >= 11 is 5.74. The summed E-state index contributed by atoms with van der Waals surface area (Å²) in [7, 11) is 3.89. The van der Waals surface area contributed by atoms with Crippen LogP contribution in [0.25, 0.3) is 0 Å². The van der Waals surface area contributed by atoms with Gasteiger partial charge >= 0.3 is 0 Å². The number of rotatable bonds is 4. The lowest BCUT2D eigenvalue weighted by atomic mass is 10.3. The van der Waals surface area contributed by atoms with Crippen molar-refractivity contribution in [3.05, 3.63) is 11.9 Å². The second-order valence-electron chi connectivity index (χ2n) is 3.30. The molecule has 13 heavy (non-hydrogen) atoms. The van der Waals surface area contributed by atoms with Gasteiger partial charge in [0.25, 0.3) is 0 Å². The van der Waals surface area contributed by atoms with Crippen molar-refractivity contribution >= 4 is 11.6 Å². The fourth-order valence-corrected chi connectivity index (χ4v) is 1.23. The van der Waals surface area contributed by atoms with Gasteiger partial charge in [-0.05, 0) is 14.0 Å². The summed E-state index contributed by atoms with van der Waals surface area (Å²) in [5.41, 5.74) is 0.974. The Labute approximate surface area is 83.5 Å². The predicted octanol–water partition coefficient (Wildman–Crippen LogP) is 0.874. The Morgan fingerprint density at radius 1 is 1.69 bits per heavy atom. The van der Waals surface area contributed by atoms with Gasteiger partial charge in [-0.3, -0.25) is 9.58 Å². The molecule has 0 aliphatic rings. The molecule has 1 aromatic rings. The van der Waals surface area contributed by atoms with E-state index in [0.717, 1.165) is 12.2 Å². The van der Waals surface area contributed by atoms with E-state index in [4.69, 9.17) is 11.6 Å². The highest BCUT2D eigenvalue weighted by Gasteiger charge is 2.09. The third-order valence-electron chi connectivity index (χ3n) is 2.04. The third kappa shape index (κ3) is 2.97. The summed E-state index contributed by atoms with van der Waals surface area (Å²) in [5.74, 6) is 0.636. The van der Waals surface area contributed by atoms with Gasteiger partial charge in [0.2, 0.25) is 0 Å². The molecule has 0 radical (unpaired) electrons. The van der Waals surface area contributed by atoms with Gasteiger partial charge in [0, 0.05) is 31.7 Å². The van der Waals surface area contributed by atoms with Gasteiger partial charge in [-0.25, -0.2) is 0 Å². The Balaban J connectivity index is 2.49. The minimum Gasteiger partial charge on any atom is -0.297 e. The molecule has 0 saturated carbocycles. The molecule has 0 saturated heterocycles. The second-order valence-corrected chi connectivity index (χ2v) is 3.61. The van der Waals surface area contributed by atoms with Crippen molar-refractivity contribution in [3.8, 4) is 0 Å². The number of alkyl halides is 1. The van der Waals surface area contributed by atoms with Crippen LogP contribution in [0, 0.1) is 0 Å². The molecule has 5 heteroatoms. The van der Waals surface area contributed by atoms with Crippen LogP contribution in [0.15, 0.2) is 6.20 Å². The van der Waals surface area contributed by atoms with E-state index >= 15 is 0 Å². The Hall–Kier alpha value is -0.610. The quantitative estimate of drug-likeness (QED) is 0.680. The van der Waals surface area contributed by atoms with Crippen LogP contribution < -0.4 is 0 Å². The first-order valence-electron chi connectivity index (χ1n) is 4.25. The van der Waals surface area contributed by atoms with Gasteiger partial charge in [-0.1, -0.05) is 5.21 Å². The Morgan fingerprint density at radius 2 is 2.38 bits per heavy atom. The molecule has 1 aromatic heterocycles. The standard InChI is InChI=1S/C8H15ClN4/c1-7(4-9)12(2)5-8-6-13(3)11-10-8/h6-7H,4-5H2,1-3H3. The van der Waals surface area contributed by atoms with Gasteiger partial charge in [-0.2, -0.15) is 0 Å². The van der Waals surface area contributed by atoms with Crippen LogP contribution in [0.3, 0.4) is 0 Å². The van der Waals surface area contributed by atoms with Crippen molar-refractivity contribution in [2.45, 2.75) is 19.5 Å². The van der Waals surface area contributed by atoms with Crippen LogP contribution in [0.5, 0.6) is 0 Å². The molecular formula is C8H15ClN4. The number of hydrogen-bond acceptors (Lipinski definition) is 3. The lowest BCUT2D eigenvalue weighted by Crippen LogP contribution is -2.29. The molecule has 1 unspecified atom stereocenters. The largest absolute Gasteiger partial charge is 0.297 e. The topological polar surface area (TPSA) is 34.0 Å². The minimum absolute atomic E-state index is 0.365. The lowest BCUT2D eigenvalue weighted by Gasteiger charge is -2.20. The molecular weight excluding hydrogens is 188 g/mol. The molecule has 0 spiro atoms. The molecule has 0 N–H and O–H groups in total. The first-order chi connectivity index (χ1) is 6.13.